The fourth-order valence-corrected chi connectivity index (χ4v) is 5.48. The number of anilines is 1. The number of amides is 2. The maximum absolute atomic E-state index is 13.9. The third-order valence-electron chi connectivity index (χ3n) is 6.49. The largest absolute Gasteiger partial charge is 0.350 e. The van der Waals surface area contributed by atoms with Gasteiger partial charge in [-0.25, -0.2) is 0 Å². The van der Waals surface area contributed by atoms with Gasteiger partial charge in [-0.2, -0.15) is 0 Å². The summed E-state index contributed by atoms with van der Waals surface area (Å²) in [6, 6.07) is 20.9. The molecule has 0 spiro atoms. The Morgan fingerprint density at radius 2 is 1.70 bits per heavy atom. The van der Waals surface area contributed by atoms with Gasteiger partial charge in [0, 0.05) is 46.8 Å². The van der Waals surface area contributed by atoms with Gasteiger partial charge in [0.25, 0.3) is 5.91 Å². The number of carbonyl (C=O) groups excluding carboxylic acids is 2. The van der Waals surface area contributed by atoms with E-state index in [9.17, 15) is 9.59 Å². The first-order valence-corrected chi connectivity index (χ1v) is 11.6. The Bertz CT molecular complexity index is 1410. The summed E-state index contributed by atoms with van der Waals surface area (Å²) in [4.78, 5) is 28.9. The average molecular weight is 502 g/mol. The maximum atomic E-state index is 13.9. The van der Waals surface area contributed by atoms with Gasteiger partial charge in [-0.3, -0.25) is 9.59 Å². The third kappa shape index (κ3) is 3.55. The molecule has 5 nitrogen and oxygen atoms in total. The molecule has 0 bridgehead atoms. The number of halogens is 1. The minimum Gasteiger partial charge on any atom is -0.350 e. The van der Waals surface area contributed by atoms with Gasteiger partial charge in [-0.15, -0.1) is 0 Å². The average Bonchev–Trinajstić information content (AvgIpc) is 3.14. The zero-order valence-electron chi connectivity index (χ0n) is 18.7. The molecule has 0 fully saturated rings. The molecule has 1 aliphatic rings. The van der Waals surface area contributed by atoms with Gasteiger partial charge in [0.05, 0.1) is 17.6 Å². The van der Waals surface area contributed by atoms with Crippen LogP contribution in [0.15, 0.2) is 77.4 Å². The van der Waals surface area contributed by atoms with Crippen LogP contribution in [0.3, 0.4) is 0 Å². The van der Waals surface area contributed by atoms with Crippen molar-refractivity contribution in [1.82, 2.24) is 9.47 Å². The second-order valence-electron chi connectivity index (χ2n) is 8.61. The minimum absolute atomic E-state index is 0.0795. The molecule has 3 aromatic carbocycles. The topological polar surface area (TPSA) is 54.3 Å². The Labute approximate surface area is 201 Å². The lowest BCUT2D eigenvalue weighted by Gasteiger charge is -2.39. The van der Waals surface area contributed by atoms with Crippen molar-refractivity contribution >= 4 is 44.3 Å². The van der Waals surface area contributed by atoms with Crippen LogP contribution in [0, 0.1) is 6.92 Å². The smallest absolute Gasteiger partial charge is 0.254 e. The van der Waals surface area contributed by atoms with E-state index >= 15 is 0 Å². The number of hydrogen-bond acceptors (Lipinski definition) is 2. The number of fused-ring (bicyclic) bond motifs is 2. The first-order chi connectivity index (χ1) is 15.9. The predicted octanol–water partition coefficient (Wildman–Crippen LogP) is 5.80. The number of rotatable bonds is 3. The van der Waals surface area contributed by atoms with Gasteiger partial charge in [0.2, 0.25) is 5.91 Å². The molecule has 1 N–H and O–H groups in total. The van der Waals surface area contributed by atoms with Crippen molar-refractivity contribution in [3.8, 4) is 0 Å². The Morgan fingerprint density at radius 1 is 0.970 bits per heavy atom. The highest BCUT2D eigenvalue weighted by molar-refractivity contribution is 9.10. The van der Waals surface area contributed by atoms with Gasteiger partial charge in [0.15, 0.2) is 0 Å². The quantitative estimate of drug-likeness (QED) is 0.385. The monoisotopic (exact) mass is 501 g/mol. The fourth-order valence-electron chi connectivity index (χ4n) is 4.89. The highest BCUT2D eigenvalue weighted by Gasteiger charge is 2.43. The highest BCUT2D eigenvalue weighted by atomic mass is 79.9. The normalized spacial score (nSPS) is 17.8. The molecule has 0 radical (unpaired) electrons. The summed E-state index contributed by atoms with van der Waals surface area (Å²) in [5.41, 5.74) is 5.15. The molecule has 33 heavy (non-hydrogen) atoms. The summed E-state index contributed by atoms with van der Waals surface area (Å²) in [6.07, 6.45) is 2.04. The molecule has 2 amide bonds. The lowest BCUT2D eigenvalue weighted by Crippen LogP contribution is -2.44. The van der Waals surface area contributed by atoms with E-state index in [1.165, 1.54) is 0 Å². The number of aromatic nitrogens is 1. The van der Waals surface area contributed by atoms with Crippen molar-refractivity contribution in [2.45, 2.75) is 18.9 Å². The number of hydrogen-bond donors (Lipinski definition) is 1. The van der Waals surface area contributed by atoms with Crippen molar-refractivity contribution < 1.29 is 9.59 Å². The summed E-state index contributed by atoms with van der Waals surface area (Å²) >= 11 is 3.57. The van der Waals surface area contributed by atoms with Gasteiger partial charge in [-0.1, -0.05) is 42.5 Å². The van der Waals surface area contributed by atoms with Gasteiger partial charge >= 0.3 is 0 Å². The van der Waals surface area contributed by atoms with Gasteiger partial charge in [0.1, 0.15) is 0 Å². The molecule has 0 aliphatic carbocycles. The molecular weight excluding hydrogens is 478 g/mol. The molecule has 4 aromatic rings. The van der Waals surface area contributed by atoms with E-state index in [1.807, 2.05) is 68.7 Å². The van der Waals surface area contributed by atoms with Crippen LogP contribution in [-0.2, 0) is 11.8 Å². The van der Waals surface area contributed by atoms with Gasteiger partial charge in [-0.05, 0) is 58.2 Å². The summed E-state index contributed by atoms with van der Waals surface area (Å²) in [6.45, 7) is 2.00. The molecule has 1 aromatic heterocycles. The fraction of sp³-hybridized carbons (Fsp3) is 0.185. The number of likely N-dealkylation sites (N-methyl/N-ethyl adjacent to an activating group) is 1. The predicted molar refractivity (Wildman–Crippen MR) is 134 cm³/mol. The van der Waals surface area contributed by atoms with Crippen molar-refractivity contribution in [3.63, 3.8) is 0 Å². The van der Waals surface area contributed by atoms with E-state index in [1.54, 1.807) is 18.0 Å². The zero-order chi connectivity index (χ0) is 23.3. The van der Waals surface area contributed by atoms with Crippen molar-refractivity contribution in [2.24, 2.45) is 7.05 Å². The molecule has 1 aliphatic heterocycles. The molecule has 166 valence electrons. The summed E-state index contributed by atoms with van der Waals surface area (Å²) in [5.74, 6) is -0.795. The Morgan fingerprint density at radius 3 is 2.48 bits per heavy atom. The van der Waals surface area contributed by atoms with E-state index < -0.39 is 12.0 Å². The molecule has 0 saturated carbocycles. The number of aryl methyl sites for hydroxylation is 2. The Hall–Kier alpha value is -3.38. The number of carbonyl (C=O) groups is 2. The lowest BCUT2D eigenvalue weighted by atomic mass is 9.79. The van der Waals surface area contributed by atoms with Crippen LogP contribution in [0.25, 0.3) is 10.9 Å². The SMILES string of the molecule is Cc1ccc(NC(=O)C2c3ccccc3C(=O)N(C)C2c2cn(C)c3ccccc23)c(Br)c1. The first kappa shape index (κ1) is 21.5. The minimum atomic E-state index is -0.567. The zero-order valence-corrected chi connectivity index (χ0v) is 20.3. The number of nitrogens with one attached hydrogen (secondary N) is 1. The van der Waals surface area contributed by atoms with Crippen LogP contribution < -0.4 is 5.32 Å². The van der Waals surface area contributed by atoms with Crippen LogP contribution in [0.4, 0.5) is 5.69 Å². The van der Waals surface area contributed by atoms with E-state index in [-0.39, 0.29) is 11.8 Å². The highest BCUT2D eigenvalue weighted by Crippen LogP contribution is 2.45. The summed E-state index contributed by atoms with van der Waals surface area (Å²) in [7, 11) is 3.77. The standard InChI is InChI=1S/C27H24BrN3O2/c1-16-12-13-22(21(28)14-16)29-26(32)24-18-9-4-5-10-19(18)27(33)31(3)25(24)20-15-30(2)23-11-7-6-8-17(20)23/h4-15,24-25H,1-3H3,(H,29,32). The molecule has 0 saturated heterocycles. The summed E-state index contributed by atoms with van der Waals surface area (Å²) in [5, 5.41) is 4.15. The van der Waals surface area contributed by atoms with Crippen LogP contribution in [0.2, 0.25) is 0 Å². The van der Waals surface area contributed by atoms with E-state index in [0.717, 1.165) is 32.1 Å². The van der Waals surface area contributed by atoms with E-state index in [2.05, 4.69) is 37.9 Å². The van der Waals surface area contributed by atoms with Gasteiger partial charge < -0.3 is 14.8 Å². The Balaban J connectivity index is 1.67. The molecule has 2 atom stereocenters. The second-order valence-corrected chi connectivity index (χ2v) is 9.47. The summed E-state index contributed by atoms with van der Waals surface area (Å²) < 4.78 is 2.88. The second kappa shape index (κ2) is 8.19. The van der Waals surface area contributed by atoms with Crippen molar-refractivity contribution in [1.29, 1.82) is 0 Å². The first-order valence-electron chi connectivity index (χ1n) is 10.8. The van der Waals surface area contributed by atoms with Crippen LogP contribution in [0.5, 0.6) is 0 Å². The van der Waals surface area contributed by atoms with Crippen molar-refractivity contribution in [2.75, 3.05) is 12.4 Å². The van der Waals surface area contributed by atoms with E-state index in [0.29, 0.717) is 11.3 Å². The maximum Gasteiger partial charge on any atom is 0.254 e. The van der Waals surface area contributed by atoms with E-state index in [4.69, 9.17) is 0 Å². The number of para-hydroxylation sites is 1. The van der Waals surface area contributed by atoms with Crippen LogP contribution in [0.1, 0.15) is 39.0 Å². The molecule has 2 unspecified atom stereocenters. The van der Waals surface area contributed by atoms with Crippen LogP contribution >= 0.6 is 15.9 Å². The van der Waals surface area contributed by atoms with Crippen molar-refractivity contribution in [3.05, 3.63) is 99.7 Å². The lowest BCUT2D eigenvalue weighted by molar-refractivity contribution is -0.119. The number of nitrogens with zero attached hydrogens (tertiary/aromatic N) is 2. The molecule has 5 rings (SSSR count). The van der Waals surface area contributed by atoms with Crippen LogP contribution in [-0.4, -0.2) is 28.3 Å². The molecule has 2 heterocycles. The third-order valence-corrected chi connectivity index (χ3v) is 7.15. The number of benzene rings is 3. The molecular formula is C27H24BrN3O2. The Kier molecular flexibility index (Phi) is 5.33. The molecule has 6 heteroatoms.